The Hall–Kier alpha value is -0.590. The molecule has 1 aliphatic carbocycles. The first-order chi connectivity index (χ1) is 7.65. The molecule has 92 valence electrons. The normalized spacial score (nSPS) is 31.2. The van der Waals surface area contributed by atoms with Crippen molar-refractivity contribution in [3.63, 3.8) is 0 Å². The lowest BCUT2D eigenvalue weighted by Crippen LogP contribution is -2.39. The fourth-order valence-electron chi connectivity index (χ4n) is 2.40. The van der Waals surface area contributed by atoms with Crippen molar-refractivity contribution in [2.45, 2.75) is 57.6 Å². The zero-order valence-electron chi connectivity index (χ0n) is 10.8. The van der Waals surface area contributed by atoms with Gasteiger partial charge in [-0.25, -0.2) is 0 Å². The summed E-state index contributed by atoms with van der Waals surface area (Å²) in [7, 11) is 1.87. The molecule has 1 N–H and O–H groups in total. The van der Waals surface area contributed by atoms with Crippen LogP contribution in [0.3, 0.4) is 0 Å². The van der Waals surface area contributed by atoms with Crippen LogP contribution >= 0.6 is 0 Å². The van der Waals surface area contributed by atoms with E-state index in [1.54, 1.807) is 0 Å². The zero-order valence-corrected chi connectivity index (χ0v) is 10.8. The summed E-state index contributed by atoms with van der Waals surface area (Å²) in [5.41, 5.74) is -0.335. The maximum Gasteiger partial charge on any atom is 0.109 e. The van der Waals surface area contributed by atoms with Crippen LogP contribution in [-0.4, -0.2) is 25.3 Å². The number of hydrogen-bond donors (Lipinski definition) is 1. The minimum atomic E-state index is -0.335. The monoisotopic (exact) mass is 224 g/mol. The number of nitriles is 1. The van der Waals surface area contributed by atoms with Crippen molar-refractivity contribution in [1.29, 1.82) is 5.26 Å². The molecule has 1 saturated carbocycles. The van der Waals surface area contributed by atoms with Crippen molar-refractivity contribution in [3.8, 4) is 6.07 Å². The maximum absolute atomic E-state index is 9.13. The quantitative estimate of drug-likeness (QED) is 0.754. The average molecular weight is 224 g/mol. The second-order valence-electron chi connectivity index (χ2n) is 5.04. The predicted molar refractivity (Wildman–Crippen MR) is 65.1 cm³/mol. The van der Waals surface area contributed by atoms with Crippen LogP contribution in [0.4, 0.5) is 0 Å². The molecule has 0 radical (unpaired) electrons. The van der Waals surface area contributed by atoms with Crippen LogP contribution in [0.25, 0.3) is 0 Å². The van der Waals surface area contributed by atoms with Crippen LogP contribution in [0.2, 0.25) is 0 Å². The Morgan fingerprint density at radius 1 is 1.62 bits per heavy atom. The zero-order chi connectivity index (χ0) is 12.0. The van der Waals surface area contributed by atoms with Gasteiger partial charge in [0.1, 0.15) is 5.54 Å². The van der Waals surface area contributed by atoms with Gasteiger partial charge in [0.2, 0.25) is 0 Å². The van der Waals surface area contributed by atoms with Gasteiger partial charge in [0.25, 0.3) is 0 Å². The van der Waals surface area contributed by atoms with Crippen molar-refractivity contribution >= 4 is 0 Å². The van der Waals surface area contributed by atoms with Crippen molar-refractivity contribution in [2.24, 2.45) is 5.92 Å². The van der Waals surface area contributed by atoms with Gasteiger partial charge < -0.3 is 10.1 Å². The molecule has 3 atom stereocenters. The third kappa shape index (κ3) is 3.47. The van der Waals surface area contributed by atoms with E-state index in [9.17, 15) is 0 Å². The second kappa shape index (κ2) is 6.22. The third-order valence-corrected chi connectivity index (χ3v) is 3.56. The molecule has 0 aromatic heterocycles. The number of ether oxygens (including phenoxy) is 1. The highest BCUT2D eigenvalue weighted by Crippen LogP contribution is 2.31. The Balaban J connectivity index is 2.29. The molecule has 3 heteroatoms. The lowest BCUT2D eigenvalue weighted by molar-refractivity contribution is 0.0324. The summed E-state index contributed by atoms with van der Waals surface area (Å²) in [6.45, 7) is 5.27. The van der Waals surface area contributed by atoms with Crippen LogP contribution in [0.5, 0.6) is 0 Å². The molecule has 0 heterocycles. The Morgan fingerprint density at radius 2 is 2.38 bits per heavy atom. The van der Waals surface area contributed by atoms with Crippen molar-refractivity contribution < 1.29 is 4.74 Å². The molecule has 1 fully saturated rings. The first kappa shape index (κ1) is 13.5. The Kier molecular flexibility index (Phi) is 5.24. The molecule has 1 rings (SSSR count). The number of hydrogen-bond acceptors (Lipinski definition) is 3. The van der Waals surface area contributed by atoms with Crippen molar-refractivity contribution in [2.75, 3.05) is 13.7 Å². The van der Waals surface area contributed by atoms with Crippen LogP contribution < -0.4 is 5.32 Å². The minimum Gasteiger partial charge on any atom is -0.378 e. The van der Waals surface area contributed by atoms with Crippen LogP contribution in [0.15, 0.2) is 0 Å². The van der Waals surface area contributed by atoms with Gasteiger partial charge in [0.05, 0.1) is 12.2 Å². The van der Waals surface area contributed by atoms with E-state index in [-0.39, 0.29) is 11.6 Å². The summed E-state index contributed by atoms with van der Waals surface area (Å²) in [5, 5.41) is 12.3. The van der Waals surface area contributed by atoms with E-state index in [1.807, 2.05) is 7.05 Å². The largest absolute Gasteiger partial charge is 0.378 e. The highest BCUT2D eigenvalue weighted by atomic mass is 16.5. The smallest absolute Gasteiger partial charge is 0.109 e. The number of rotatable bonds is 6. The first-order valence-corrected chi connectivity index (χ1v) is 6.37. The van der Waals surface area contributed by atoms with Crippen molar-refractivity contribution in [3.05, 3.63) is 0 Å². The maximum atomic E-state index is 9.13. The van der Waals surface area contributed by atoms with Gasteiger partial charge in [-0.3, -0.25) is 0 Å². The van der Waals surface area contributed by atoms with E-state index in [2.05, 4.69) is 25.2 Å². The van der Waals surface area contributed by atoms with E-state index in [0.717, 1.165) is 25.9 Å². The highest BCUT2D eigenvalue weighted by Gasteiger charge is 2.38. The summed E-state index contributed by atoms with van der Waals surface area (Å²) in [4.78, 5) is 0. The fourth-order valence-corrected chi connectivity index (χ4v) is 2.40. The number of nitrogens with zero attached hydrogens (tertiary/aromatic N) is 1. The van der Waals surface area contributed by atoms with Crippen molar-refractivity contribution in [1.82, 2.24) is 5.32 Å². The molecule has 3 nitrogen and oxygen atoms in total. The fraction of sp³-hybridized carbons (Fsp3) is 0.923. The summed E-state index contributed by atoms with van der Waals surface area (Å²) in [5.74, 6) is 0.636. The minimum absolute atomic E-state index is 0.270. The van der Waals surface area contributed by atoms with Gasteiger partial charge in [-0.2, -0.15) is 5.26 Å². The summed E-state index contributed by atoms with van der Waals surface area (Å²) < 4.78 is 5.89. The molecular weight excluding hydrogens is 200 g/mol. The first-order valence-electron chi connectivity index (χ1n) is 6.37. The molecular formula is C13H24N2O. The van der Waals surface area contributed by atoms with E-state index >= 15 is 0 Å². The van der Waals surface area contributed by atoms with Gasteiger partial charge in [-0.15, -0.1) is 0 Å². The van der Waals surface area contributed by atoms with Gasteiger partial charge >= 0.3 is 0 Å². The van der Waals surface area contributed by atoms with Gasteiger partial charge in [-0.1, -0.05) is 20.3 Å². The summed E-state index contributed by atoms with van der Waals surface area (Å²) >= 11 is 0. The van der Waals surface area contributed by atoms with Crippen LogP contribution in [0.1, 0.15) is 46.0 Å². The summed E-state index contributed by atoms with van der Waals surface area (Å²) in [6.07, 6.45) is 5.46. The van der Waals surface area contributed by atoms with Crippen LogP contribution in [-0.2, 0) is 4.74 Å². The van der Waals surface area contributed by atoms with E-state index in [0.29, 0.717) is 5.92 Å². The predicted octanol–water partition coefficient (Wildman–Crippen LogP) is 2.47. The Labute approximate surface area is 99.2 Å². The Bertz CT molecular complexity index is 249. The Morgan fingerprint density at radius 3 is 2.88 bits per heavy atom. The molecule has 0 saturated heterocycles. The molecule has 0 aromatic rings. The van der Waals surface area contributed by atoms with Gasteiger partial charge in [0.15, 0.2) is 0 Å². The molecule has 0 aliphatic heterocycles. The molecule has 0 spiro atoms. The molecule has 16 heavy (non-hydrogen) atoms. The molecule has 0 bridgehead atoms. The summed E-state index contributed by atoms with van der Waals surface area (Å²) in [6, 6.07) is 2.38. The number of nitrogens with one attached hydrogen (secondary N) is 1. The molecule has 1 aliphatic rings. The average Bonchev–Trinajstić information content (AvgIpc) is 2.71. The van der Waals surface area contributed by atoms with Gasteiger partial charge in [-0.05, 0) is 32.2 Å². The lowest BCUT2D eigenvalue weighted by atomic mass is 10.0. The third-order valence-electron chi connectivity index (χ3n) is 3.56. The van der Waals surface area contributed by atoms with Crippen LogP contribution in [0, 0.1) is 17.2 Å². The van der Waals surface area contributed by atoms with E-state index < -0.39 is 0 Å². The highest BCUT2D eigenvalue weighted by molar-refractivity contribution is 5.11. The molecule has 3 unspecified atom stereocenters. The topological polar surface area (TPSA) is 45.0 Å². The van der Waals surface area contributed by atoms with E-state index in [4.69, 9.17) is 10.00 Å². The SMILES string of the molecule is CCCC(C)COC1CCC(C#N)(NC)C1. The standard InChI is InChI=1S/C13H24N2O/c1-4-5-11(2)9-16-12-6-7-13(8-12,10-14)15-3/h11-12,15H,4-9H2,1-3H3. The lowest BCUT2D eigenvalue weighted by Gasteiger charge is -2.20. The molecule has 0 aromatic carbocycles. The second-order valence-corrected chi connectivity index (χ2v) is 5.04. The molecule has 0 amide bonds. The van der Waals surface area contributed by atoms with E-state index in [1.165, 1.54) is 12.8 Å². The van der Waals surface area contributed by atoms with Gasteiger partial charge in [0, 0.05) is 13.0 Å².